The molecule has 116 valence electrons. The van der Waals surface area contributed by atoms with Gasteiger partial charge in [0, 0.05) is 17.2 Å². The maximum absolute atomic E-state index is 12.1. The Hall–Kier alpha value is -2.41. The SMILES string of the molecule is C[C@@H](N)c1cc(C(=O)Nc2ccc(C3(C)CC3)nc2N)no1. The van der Waals surface area contributed by atoms with Crippen molar-refractivity contribution >= 4 is 17.4 Å². The van der Waals surface area contributed by atoms with E-state index in [4.69, 9.17) is 16.0 Å². The molecule has 0 aromatic carbocycles. The van der Waals surface area contributed by atoms with Crippen molar-refractivity contribution in [1.82, 2.24) is 10.1 Å². The summed E-state index contributed by atoms with van der Waals surface area (Å²) in [5.74, 6) is 0.345. The summed E-state index contributed by atoms with van der Waals surface area (Å²) >= 11 is 0. The minimum Gasteiger partial charge on any atom is -0.382 e. The predicted octanol–water partition coefficient (Wildman–Crippen LogP) is 1.98. The Bertz CT molecular complexity index is 718. The zero-order valence-corrected chi connectivity index (χ0v) is 12.6. The van der Waals surface area contributed by atoms with Crippen molar-refractivity contribution < 1.29 is 9.32 Å². The molecule has 1 fully saturated rings. The second-order valence-electron chi connectivity index (χ2n) is 6.05. The van der Waals surface area contributed by atoms with Crippen LogP contribution in [0.3, 0.4) is 0 Å². The van der Waals surface area contributed by atoms with Crippen molar-refractivity contribution in [2.45, 2.75) is 38.1 Å². The summed E-state index contributed by atoms with van der Waals surface area (Å²) in [5, 5.41) is 6.39. The number of hydrogen-bond donors (Lipinski definition) is 3. The van der Waals surface area contributed by atoms with E-state index in [2.05, 4.69) is 22.4 Å². The second kappa shape index (κ2) is 5.10. The molecular formula is C15H19N5O2. The van der Waals surface area contributed by atoms with Gasteiger partial charge in [-0.2, -0.15) is 0 Å². The van der Waals surface area contributed by atoms with Crippen LogP contribution in [-0.2, 0) is 5.41 Å². The molecule has 5 N–H and O–H groups in total. The van der Waals surface area contributed by atoms with Gasteiger partial charge in [0.25, 0.3) is 5.91 Å². The number of nitrogens with two attached hydrogens (primary N) is 2. The Morgan fingerprint density at radius 1 is 1.45 bits per heavy atom. The van der Waals surface area contributed by atoms with Crippen molar-refractivity contribution in [2.75, 3.05) is 11.1 Å². The summed E-state index contributed by atoms with van der Waals surface area (Å²) in [6.45, 7) is 3.90. The molecule has 0 spiro atoms. The topological polar surface area (TPSA) is 120 Å². The van der Waals surface area contributed by atoms with Gasteiger partial charge in [-0.3, -0.25) is 4.79 Å². The summed E-state index contributed by atoms with van der Waals surface area (Å²) in [7, 11) is 0. The molecule has 3 rings (SSSR count). The first kappa shape index (κ1) is 14.5. The third kappa shape index (κ3) is 2.67. The highest BCUT2D eigenvalue weighted by Crippen LogP contribution is 2.47. The molecule has 7 heteroatoms. The molecule has 0 bridgehead atoms. The first-order valence-corrected chi connectivity index (χ1v) is 7.19. The second-order valence-corrected chi connectivity index (χ2v) is 6.05. The Kier molecular flexibility index (Phi) is 3.37. The van der Waals surface area contributed by atoms with Crippen molar-refractivity contribution in [3.8, 4) is 0 Å². The van der Waals surface area contributed by atoms with Crippen LogP contribution in [0.2, 0.25) is 0 Å². The number of rotatable bonds is 4. The maximum Gasteiger partial charge on any atom is 0.277 e. The van der Waals surface area contributed by atoms with E-state index in [0.29, 0.717) is 17.3 Å². The van der Waals surface area contributed by atoms with E-state index >= 15 is 0 Å². The summed E-state index contributed by atoms with van der Waals surface area (Å²) < 4.78 is 5.00. The van der Waals surface area contributed by atoms with Gasteiger partial charge in [0.1, 0.15) is 5.82 Å². The molecular weight excluding hydrogens is 282 g/mol. The van der Waals surface area contributed by atoms with Crippen LogP contribution < -0.4 is 16.8 Å². The summed E-state index contributed by atoms with van der Waals surface area (Å²) in [5.41, 5.74) is 13.3. The molecule has 2 aromatic heterocycles. The molecule has 0 unspecified atom stereocenters. The fourth-order valence-electron chi connectivity index (χ4n) is 2.16. The number of anilines is 2. The summed E-state index contributed by atoms with van der Waals surface area (Å²) in [6.07, 6.45) is 2.23. The predicted molar refractivity (Wildman–Crippen MR) is 82.3 cm³/mol. The number of aromatic nitrogens is 2. The van der Waals surface area contributed by atoms with Gasteiger partial charge in [0.05, 0.1) is 11.7 Å². The Balaban J connectivity index is 1.76. The van der Waals surface area contributed by atoms with Gasteiger partial charge < -0.3 is 21.3 Å². The van der Waals surface area contributed by atoms with E-state index in [-0.39, 0.29) is 17.2 Å². The third-order valence-corrected chi connectivity index (χ3v) is 4.00. The minimum atomic E-state index is -0.408. The number of hydrogen-bond acceptors (Lipinski definition) is 6. The molecule has 1 aliphatic rings. The number of pyridine rings is 1. The molecule has 0 radical (unpaired) electrons. The molecule has 0 aliphatic heterocycles. The highest BCUT2D eigenvalue weighted by molar-refractivity contribution is 6.04. The third-order valence-electron chi connectivity index (χ3n) is 4.00. The van der Waals surface area contributed by atoms with Gasteiger partial charge in [-0.25, -0.2) is 4.98 Å². The first-order valence-electron chi connectivity index (χ1n) is 7.19. The Morgan fingerprint density at radius 2 is 2.18 bits per heavy atom. The van der Waals surface area contributed by atoms with Crippen molar-refractivity contribution in [2.24, 2.45) is 5.73 Å². The molecule has 7 nitrogen and oxygen atoms in total. The normalized spacial score (nSPS) is 17.0. The van der Waals surface area contributed by atoms with Crippen molar-refractivity contribution in [1.29, 1.82) is 0 Å². The van der Waals surface area contributed by atoms with E-state index < -0.39 is 5.91 Å². The highest BCUT2D eigenvalue weighted by Gasteiger charge is 2.40. The standard InChI is InChI=1S/C15H19N5O2/c1-8(16)11-7-10(20-22-11)14(21)18-9-3-4-12(19-13(9)17)15(2)5-6-15/h3-4,7-8H,5-6,16H2,1-2H3,(H2,17,19)(H,18,21)/t8-/m1/s1. The van der Waals surface area contributed by atoms with Gasteiger partial charge in [-0.15, -0.1) is 0 Å². The Labute approximate surface area is 128 Å². The number of carbonyl (C=O) groups is 1. The maximum atomic E-state index is 12.1. The quantitative estimate of drug-likeness (QED) is 0.794. The van der Waals surface area contributed by atoms with Gasteiger partial charge in [-0.1, -0.05) is 12.1 Å². The summed E-state index contributed by atoms with van der Waals surface area (Å²) in [4.78, 5) is 16.5. The fraction of sp³-hybridized carbons (Fsp3) is 0.400. The summed E-state index contributed by atoms with van der Waals surface area (Å²) in [6, 6.07) is 4.86. The lowest BCUT2D eigenvalue weighted by molar-refractivity contribution is 0.101. The highest BCUT2D eigenvalue weighted by atomic mass is 16.5. The average molecular weight is 301 g/mol. The number of nitrogens with one attached hydrogen (secondary N) is 1. The number of nitrogens with zero attached hydrogens (tertiary/aromatic N) is 2. The monoisotopic (exact) mass is 301 g/mol. The van der Waals surface area contributed by atoms with Gasteiger partial charge in [-0.05, 0) is 31.9 Å². The van der Waals surface area contributed by atoms with Gasteiger partial charge in [0.2, 0.25) is 0 Å². The van der Waals surface area contributed by atoms with Crippen molar-refractivity contribution in [3.05, 3.63) is 35.3 Å². The molecule has 1 amide bonds. The average Bonchev–Trinajstić information content (AvgIpc) is 3.04. The van der Waals surface area contributed by atoms with Crippen molar-refractivity contribution in [3.63, 3.8) is 0 Å². The molecule has 22 heavy (non-hydrogen) atoms. The van der Waals surface area contributed by atoms with Gasteiger partial charge >= 0.3 is 0 Å². The smallest absolute Gasteiger partial charge is 0.277 e. The van der Waals surface area contributed by atoms with Crippen LogP contribution in [-0.4, -0.2) is 16.0 Å². The fourth-order valence-corrected chi connectivity index (χ4v) is 2.16. The van der Waals surface area contributed by atoms with Crippen LogP contribution in [0.15, 0.2) is 22.7 Å². The molecule has 1 saturated carbocycles. The first-order chi connectivity index (χ1) is 10.4. The lowest BCUT2D eigenvalue weighted by Crippen LogP contribution is -2.15. The molecule has 1 atom stereocenters. The number of amides is 1. The zero-order valence-electron chi connectivity index (χ0n) is 12.6. The lowest BCUT2D eigenvalue weighted by Gasteiger charge is -2.11. The van der Waals surface area contributed by atoms with E-state index in [1.165, 1.54) is 6.07 Å². The molecule has 2 aromatic rings. The molecule has 0 saturated heterocycles. The molecule has 2 heterocycles. The van der Waals surface area contributed by atoms with E-state index in [1.54, 1.807) is 13.0 Å². The zero-order chi connectivity index (χ0) is 15.9. The molecule has 1 aliphatic carbocycles. The van der Waals surface area contributed by atoms with E-state index in [0.717, 1.165) is 18.5 Å². The number of carbonyl (C=O) groups excluding carboxylic acids is 1. The van der Waals surface area contributed by atoms with Crippen LogP contribution in [0.5, 0.6) is 0 Å². The lowest BCUT2D eigenvalue weighted by atomic mass is 10.0. The van der Waals surface area contributed by atoms with Crippen LogP contribution in [0.4, 0.5) is 11.5 Å². The van der Waals surface area contributed by atoms with Gasteiger partial charge in [0.15, 0.2) is 11.5 Å². The number of nitrogen functional groups attached to an aromatic ring is 1. The van der Waals surface area contributed by atoms with E-state index in [1.807, 2.05) is 6.07 Å². The Morgan fingerprint density at radius 3 is 2.73 bits per heavy atom. The minimum absolute atomic E-state index is 0.134. The van der Waals surface area contributed by atoms with E-state index in [9.17, 15) is 4.79 Å². The van der Waals surface area contributed by atoms with Crippen LogP contribution >= 0.6 is 0 Å². The van der Waals surface area contributed by atoms with Crippen LogP contribution in [0.1, 0.15) is 54.7 Å². The van der Waals surface area contributed by atoms with Crippen LogP contribution in [0.25, 0.3) is 0 Å². The van der Waals surface area contributed by atoms with Crippen LogP contribution in [0, 0.1) is 0 Å². The largest absolute Gasteiger partial charge is 0.382 e.